The highest BCUT2D eigenvalue weighted by Crippen LogP contribution is 2.16. The molecule has 2 unspecified atom stereocenters. The summed E-state index contributed by atoms with van der Waals surface area (Å²) < 4.78 is 0. The van der Waals surface area contributed by atoms with Crippen molar-refractivity contribution < 1.29 is 0 Å². The third-order valence-corrected chi connectivity index (χ3v) is 2.41. The molecule has 0 saturated heterocycles. The highest BCUT2D eigenvalue weighted by atomic mass is 15.1. The molecule has 2 atom stereocenters. The Morgan fingerprint density at radius 2 is 1.64 bits per heavy atom. The fourth-order valence-corrected chi connectivity index (χ4v) is 0.864. The van der Waals surface area contributed by atoms with Crippen LogP contribution in [0.5, 0.6) is 0 Å². The van der Waals surface area contributed by atoms with Gasteiger partial charge < -0.3 is 4.90 Å². The first kappa shape index (κ1) is 11.0. The molecule has 2 heteroatoms. The van der Waals surface area contributed by atoms with Crippen LogP contribution < -0.4 is 0 Å². The summed E-state index contributed by atoms with van der Waals surface area (Å²) in [6.07, 6.45) is 1.09. The molecule has 0 aliphatic carbocycles. The molecule has 1 nitrogen and oxygen atoms in total. The molecule has 0 saturated carbocycles. The Labute approximate surface area is 72.6 Å². The van der Waals surface area contributed by atoms with Crippen molar-refractivity contribution in [3.05, 3.63) is 0 Å². The van der Waals surface area contributed by atoms with Crippen LogP contribution in [0.15, 0.2) is 0 Å². The van der Waals surface area contributed by atoms with Gasteiger partial charge in [0.25, 0.3) is 0 Å². The lowest BCUT2D eigenvalue weighted by Crippen LogP contribution is -2.30. The van der Waals surface area contributed by atoms with Crippen molar-refractivity contribution in [3.8, 4) is 0 Å². The molecule has 0 amide bonds. The van der Waals surface area contributed by atoms with Crippen molar-refractivity contribution >= 4 is 7.85 Å². The second-order valence-electron chi connectivity index (χ2n) is 3.99. The Hall–Kier alpha value is 0.0249. The van der Waals surface area contributed by atoms with E-state index in [1.165, 1.54) is 0 Å². The van der Waals surface area contributed by atoms with E-state index >= 15 is 0 Å². The summed E-state index contributed by atoms with van der Waals surface area (Å²) in [6, 6.07) is 0. The Kier molecular flexibility index (Phi) is 4.82. The third kappa shape index (κ3) is 4.46. The predicted octanol–water partition coefficient (Wildman–Crippen LogP) is 1.72. The Morgan fingerprint density at radius 1 is 1.18 bits per heavy atom. The monoisotopic (exact) mass is 153 g/mol. The average Bonchev–Trinajstić information content (AvgIpc) is 1.87. The van der Waals surface area contributed by atoms with Crippen molar-refractivity contribution in [3.63, 3.8) is 0 Å². The van der Waals surface area contributed by atoms with E-state index in [9.17, 15) is 0 Å². The molecular formula is C9H20BN. The topological polar surface area (TPSA) is 3.24 Å². The van der Waals surface area contributed by atoms with Crippen molar-refractivity contribution in [2.24, 2.45) is 11.8 Å². The quantitative estimate of drug-likeness (QED) is 0.556. The van der Waals surface area contributed by atoms with Crippen molar-refractivity contribution in [1.82, 2.24) is 4.90 Å². The van der Waals surface area contributed by atoms with Crippen LogP contribution in [0.25, 0.3) is 0 Å². The fraction of sp³-hybridized carbons (Fsp3) is 1.00. The Bertz CT molecular complexity index is 89.7. The van der Waals surface area contributed by atoms with Crippen molar-refractivity contribution in [1.29, 1.82) is 0 Å². The first-order chi connectivity index (χ1) is 4.95. The van der Waals surface area contributed by atoms with Gasteiger partial charge in [-0.1, -0.05) is 20.8 Å². The van der Waals surface area contributed by atoms with Crippen molar-refractivity contribution in [2.75, 3.05) is 14.1 Å². The van der Waals surface area contributed by atoms with Crippen LogP contribution in [0.4, 0.5) is 0 Å². The minimum atomic E-state index is 0.215. The molecule has 0 N–H and O–H groups in total. The van der Waals surface area contributed by atoms with E-state index in [1.54, 1.807) is 0 Å². The molecule has 0 aliphatic heterocycles. The molecule has 0 heterocycles. The van der Waals surface area contributed by atoms with E-state index in [2.05, 4.69) is 25.7 Å². The van der Waals surface area contributed by atoms with E-state index in [0.29, 0.717) is 5.92 Å². The standard InChI is InChI=1S/C9H20BN/c1-7(2)8(3)6-9(10)11(4)5/h7-9H,6H2,1-5H3. The lowest BCUT2D eigenvalue weighted by molar-refractivity contribution is 0.288. The summed E-state index contributed by atoms with van der Waals surface area (Å²) >= 11 is 0. The second-order valence-corrected chi connectivity index (χ2v) is 3.99. The van der Waals surface area contributed by atoms with Crippen LogP contribution in [0.1, 0.15) is 27.2 Å². The minimum absolute atomic E-state index is 0.215. The highest BCUT2D eigenvalue weighted by molar-refractivity contribution is 6.11. The molecule has 0 aromatic carbocycles. The molecule has 11 heavy (non-hydrogen) atoms. The Morgan fingerprint density at radius 3 is 1.91 bits per heavy atom. The van der Waals surface area contributed by atoms with Gasteiger partial charge >= 0.3 is 0 Å². The number of hydrogen-bond donors (Lipinski definition) is 0. The molecule has 0 aromatic heterocycles. The van der Waals surface area contributed by atoms with Gasteiger partial charge in [-0.2, -0.15) is 0 Å². The zero-order chi connectivity index (χ0) is 9.02. The minimum Gasteiger partial charge on any atom is -0.315 e. The molecule has 0 bridgehead atoms. The summed E-state index contributed by atoms with van der Waals surface area (Å²) in [7, 11) is 9.93. The average molecular weight is 153 g/mol. The van der Waals surface area contributed by atoms with E-state index in [1.807, 2.05) is 14.1 Å². The van der Waals surface area contributed by atoms with Gasteiger partial charge in [0.15, 0.2) is 0 Å². The molecular weight excluding hydrogens is 133 g/mol. The summed E-state index contributed by atoms with van der Waals surface area (Å²) in [5.41, 5.74) is 0. The SMILES string of the molecule is [B]C(CC(C)C(C)C)N(C)C. The number of hydrogen-bond acceptors (Lipinski definition) is 1. The van der Waals surface area contributed by atoms with Crippen molar-refractivity contribution in [2.45, 2.75) is 33.1 Å². The molecule has 64 valence electrons. The largest absolute Gasteiger partial charge is 0.315 e. The highest BCUT2D eigenvalue weighted by Gasteiger charge is 2.12. The van der Waals surface area contributed by atoms with Crippen LogP contribution in [0.3, 0.4) is 0 Å². The first-order valence-electron chi connectivity index (χ1n) is 4.37. The first-order valence-corrected chi connectivity index (χ1v) is 4.37. The zero-order valence-corrected chi connectivity index (χ0v) is 8.46. The number of nitrogens with zero attached hydrogens (tertiary/aromatic N) is 1. The van der Waals surface area contributed by atoms with Gasteiger partial charge in [0.2, 0.25) is 0 Å². The third-order valence-electron chi connectivity index (χ3n) is 2.41. The maximum absolute atomic E-state index is 5.88. The molecule has 0 aliphatic rings. The van der Waals surface area contributed by atoms with Crippen LogP contribution in [-0.2, 0) is 0 Å². The molecule has 0 spiro atoms. The summed E-state index contributed by atoms with van der Waals surface area (Å²) in [4.78, 5) is 2.07. The van der Waals surface area contributed by atoms with Crippen LogP contribution >= 0.6 is 0 Å². The van der Waals surface area contributed by atoms with E-state index in [4.69, 9.17) is 7.85 Å². The van der Waals surface area contributed by atoms with Gasteiger partial charge in [0, 0.05) is 0 Å². The summed E-state index contributed by atoms with van der Waals surface area (Å²) in [6.45, 7) is 6.74. The fourth-order valence-electron chi connectivity index (χ4n) is 0.864. The maximum Gasteiger partial charge on any atom is 0.0910 e. The molecule has 2 radical (unpaired) electrons. The normalized spacial score (nSPS) is 17.4. The van der Waals surface area contributed by atoms with Crippen LogP contribution in [0, 0.1) is 11.8 Å². The lowest BCUT2D eigenvalue weighted by atomic mass is 9.82. The second kappa shape index (κ2) is 4.81. The smallest absolute Gasteiger partial charge is 0.0910 e. The van der Waals surface area contributed by atoms with Gasteiger partial charge in [0.05, 0.1) is 7.85 Å². The van der Waals surface area contributed by atoms with E-state index in [0.717, 1.165) is 12.3 Å². The maximum atomic E-state index is 5.88. The van der Waals surface area contributed by atoms with Gasteiger partial charge in [-0.15, -0.1) is 0 Å². The van der Waals surface area contributed by atoms with Gasteiger partial charge in [-0.3, -0.25) is 0 Å². The zero-order valence-electron chi connectivity index (χ0n) is 8.46. The van der Waals surface area contributed by atoms with Gasteiger partial charge in [0.1, 0.15) is 0 Å². The Balaban J connectivity index is 3.66. The molecule has 0 aromatic rings. The molecule has 0 fully saturated rings. The van der Waals surface area contributed by atoms with Crippen LogP contribution in [0.2, 0.25) is 0 Å². The number of rotatable bonds is 4. The van der Waals surface area contributed by atoms with E-state index in [-0.39, 0.29) is 5.94 Å². The van der Waals surface area contributed by atoms with Crippen LogP contribution in [-0.4, -0.2) is 32.8 Å². The van der Waals surface area contributed by atoms with Gasteiger partial charge in [-0.25, -0.2) is 0 Å². The molecule has 0 rings (SSSR count). The summed E-state index contributed by atoms with van der Waals surface area (Å²) in [5.74, 6) is 1.67. The lowest BCUT2D eigenvalue weighted by Gasteiger charge is -2.25. The van der Waals surface area contributed by atoms with Gasteiger partial charge in [-0.05, 0) is 38.3 Å². The van der Waals surface area contributed by atoms with E-state index < -0.39 is 0 Å². The summed E-state index contributed by atoms with van der Waals surface area (Å²) in [5, 5.41) is 0. The predicted molar refractivity (Wildman–Crippen MR) is 51.8 cm³/mol.